The molecule has 0 fully saturated rings. The maximum Gasteiger partial charge on any atom is 0.130 e. The number of nitrogens with zero attached hydrogens (tertiary/aromatic N) is 2. The fourth-order valence-corrected chi connectivity index (χ4v) is 3.33. The van der Waals surface area contributed by atoms with Crippen LogP contribution in [0.3, 0.4) is 0 Å². The van der Waals surface area contributed by atoms with Crippen molar-refractivity contribution in [3.8, 4) is 5.75 Å². The first-order chi connectivity index (χ1) is 12.3. The standard InChI is InChI=1S/C21H22N2OS/c1-2-13-23(16-21-7-5-14-25-21)15-18-8-10-20(11-9-18)24-17-19-6-3-4-12-22-19/h2-12,14H,1,13,15-17H2. The molecule has 1 aromatic carbocycles. The van der Waals surface area contributed by atoms with Crippen molar-refractivity contribution in [3.63, 3.8) is 0 Å². The lowest BCUT2D eigenvalue weighted by Crippen LogP contribution is -2.22. The van der Waals surface area contributed by atoms with E-state index in [0.717, 1.165) is 31.1 Å². The number of rotatable bonds is 9. The van der Waals surface area contributed by atoms with E-state index in [-0.39, 0.29) is 0 Å². The summed E-state index contributed by atoms with van der Waals surface area (Å²) in [5, 5.41) is 2.12. The Morgan fingerprint density at radius 1 is 1.04 bits per heavy atom. The molecule has 0 aliphatic heterocycles. The minimum absolute atomic E-state index is 0.487. The first-order valence-corrected chi connectivity index (χ1v) is 9.19. The number of pyridine rings is 1. The lowest BCUT2D eigenvalue weighted by molar-refractivity contribution is 0.287. The van der Waals surface area contributed by atoms with E-state index >= 15 is 0 Å². The van der Waals surface area contributed by atoms with Gasteiger partial charge in [0.2, 0.25) is 0 Å². The predicted octanol–water partition coefficient (Wildman–Crippen LogP) is 4.91. The average molecular weight is 350 g/mol. The molecule has 0 saturated carbocycles. The van der Waals surface area contributed by atoms with Crippen LogP contribution >= 0.6 is 11.3 Å². The SMILES string of the molecule is C=CCN(Cc1ccc(OCc2ccccn2)cc1)Cc1cccs1. The van der Waals surface area contributed by atoms with Crippen LogP contribution in [0.2, 0.25) is 0 Å². The Kier molecular flexibility index (Phi) is 6.37. The van der Waals surface area contributed by atoms with Crippen LogP contribution < -0.4 is 4.74 Å². The van der Waals surface area contributed by atoms with E-state index in [1.807, 2.05) is 36.4 Å². The van der Waals surface area contributed by atoms with Crippen molar-refractivity contribution >= 4 is 11.3 Å². The molecule has 0 unspecified atom stereocenters. The number of benzene rings is 1. The van der Waals surface area contributed by atoms with Crippen LogP contribution in [0.4, 0.5) is 0 Å². The number of aromatic nitrogens is 1. The van der Waals surface area contributed by atoms with Crippen LogP contribution in [0.1, 0.15) is 16.1 Å². The van der Waals surface area contributed by atoms with E-state index < -0.39 is 0 Å². The van der Waals surface area contributed by atoms with Crippen molar-refractivity contribution in [1.29, 1.82) is 0 Å². The van der Waals surface area contributed by atoms with Gasteiger partial charge in [0, 0.05) is 30.7 Å². The first kappa shape index (κ1) is 17.4. The van der Waals surface area contributed by atoms with Crippen molar-refractivity contribution in [2.75, 3.05) is 6.54 Å². The molecule has 0 amide bonds. The fourth-order valence-electron chi connectivity index (χ4n) is 2.58. The lowest BCUT2D eigenvalue weighted by atomic mass is 10.2. The molecule has 0 spiro atoms. The molecule has 0 saturated heterocycles. The second-order valence-corrected chi connectivity index (χ2v) is 6.82. The average Bonchev–Trinajstić information content (AvgIpc) is 3.15. The second-order valence-electron chi connectivity index (χ2n) is 5.79. The van der Waals surface area contributed by atoms with Crippen molar-refractivity contribution in [2.45, 2.75) is 19.7 Å². The maximum atomic E-state index is 5.79. The third kappa shape index (κ3) is 5.55. The molecular formula is C21H22N2OS. The Balaban J connectivity index is 1.56. The van der Waals surface area contributed by atoms with E-state index in [0.29, 0.717) is 6.61 Å². The van der Waals surface area contributed by atoms with Crippen LogP contribution in [0.5, 0.6) is 5.75 Å². The van der Waals surface area contributed by atoms with Crippen molar-refractivity contribution < 1.29 is 4.74 Å². The van der Waals surface area contributed by atoms with Gasteiger partial charge in [-0.05, 0) is 41.3 Å². The van der Waals surface area contributed by atoms with Gasteiger partial charge < -0.3 is 4.74 Å². The summed E-state index contributed by atoms with van der Waals surface area (Å²) in [6.07, 6.45) is 3.74. The van der Waals surface area contributed by atoms with E-state index in [4.69, 9.17) is 4.74 Å². The summed E-state index contributed by atoms with van der Waals surface area (Å²) in [5.41, 5.74) is 2.20. The molecule has 2 aromatic heterocycles. The molecule has 0 N–H and O–H groups in total. The zero-order chi connectivity index (χ0) is 17.3. The van der Waals surface area contributed by atoms with E-state index in [1.165, 1.54) is 10.4 Å². The Hall–Kier alpha value is -2.43. The van der Waals surface area contributed by atoms with Crippen molar-refractivity contribution in [3.05, 3.63) is 95.0 Å². The van der Waals surface area contributed by atoms with Gasteiger partial charge in [0.15, 0.2) is 0 Å². The van der Waals surface area contributed by atoms with E-state index in [1.54, 1.807) is 17.5 Å². The summed E-state index contributed by atoms with van der Waals surface area (Å²) in [6.45, 7) is 7.07. The smallest absolute Gasteiger partial charge is 0.130 e. The summed E-state index contributed by atoms with van der Waals surface area (Å²) in [4.78, 5) is 8.02. The second kappa shape index (κ2) is 9.16. The largest absolute Gasteiger partial charge is 0.487 e. The molecule has 0 bridgehead atoms. The van der Waals surface area contributed by atoms with Gasteiger partial charge in [-0.15, -0.1) is 17.9 Å². The van der Waals surface area contributed by atoms with E-state index in [2.05, 4.69) is 46.1 Å². The highest BCUT2D eigenvalue weighted by Gasteiger charge is 2.07. The van der Waals surface area contributed by atoms with Crippen LogP contribution in [-0.2, 0) is 19.7 Å². The van der Waals surface area contributed by atoms with Crippen molar-refractivity contribution in [1.82, 2.24) is 9.88 Å². The summed E-state index contributed by atoms with van der Waals surface area (Å²) >= 11 is 1.79. The van der Waals surface area contributed by atoms with Gasteiger partial charge in [0.25, 0.3) is 0 Å². The van der Waals surface area contributed by atoms with Crippen LogP contribution in [0.25, 0.3) is 0 Å². The van der Waals surface area contributed by atoms with Gasteiger partial charge in [0.05, 0.1) is 5.69 Å². The quantitative estimate of drug-likeness (QED) is 0.513. The Labute approximate surface area is 153 Å². The van der Waals surface area contributed by atoms with Gasteiger partial charge in [-0.3, -0.25) is 9.88 Å². The summed E-state index contributed by atoms with van der Waals surface area (Å²) in [6, 6.07) is 18.4. The number of ether oxygens (including phenoxy) is 1. The maximum absolute atomic E-state index is 5.79. The highest BCUT2D eigenvalue weighted by Crippen LogP contribution is 2.17. The van der Waals surface area contributed by atoms with Gasteiger partial charge >= 0.3 is 0 Å². The van der Waals surface area contributed by atoms with Crippen LogP contribution in [0.15, 0.2) is 78.8 Å². The summed E-state index contributed by atoms with van der Waals surface area (Å²) in [5.74, 6) is 0.864. The topological polar surface area (TPSA) is 25.4 Å². The number of hydrogen-bond donors (Lipinski definition) is 0. The molecule has 3 aromatic rings. The molecule has 0 radical (unpaired) electrons. The summed E-state index contributed by atoms with van der Waals surface area (Å²) < 4.78 is 5.79. The molecule has 4 heteroatoms. The molecule has 25 heavy (non-hydrogen) atoms. The minimum atomic E-state index is 0.487. The number of hydrogen-bond acceptors (Lipinski definition) is 4. The van der Waals surface area contributed by atoms with Gasteiger partial charge in [-0.2, -0.15) is 0 Å². The lowest BCUT2D eigenvalue weighted by Gasteiger charge is -2.20. The minimum Gasteiger partial charge on any atom is -0.487 e. The highest BCUT2D eigenvalue weighted by atomic mass is 32.1. The molecule has 3 nitrogen and oxygen atoms in total. The van der Waals surface area contributed by atoms with Crippen molar-refractivity contribution in [2.24, 2.45) is 0 Å². The molecular weight excluding hydrogens is 328 g/mol. The zero-order valence-corrected chi connectivity index (χ0v) is 15.0. The predicted molar refractivity (Wildman–Crippen MR) is 104 cm³/mol. The monoisotopic (exact) mass is 350 g/mol. The third-order valence-electron chi connectivity index (χ3n) is 3.79. The zero-order valence-electron chi connectivity index (χ0n) is 14.2. The molecule has 128 valence electrons. The normalized spacial score (nSPS) is 10.8. The fraction of sp³-hybridized carbons (Fsp3) is 0.190. The van der Waals surface area contributed by atoms with Gasteiger partial charge in [-0.1, -0.05) is 30.3 Å². The van der Waals surface area contributed by atoms with Crippen LogP contribution in [0, 0.1) is 0 Å². The Morgan fingerprint density at radius 2 is 1.92 bits per heavy atom. The molecule has 2 heterocycles. The summed E-state index contributed by atoms with van der Waals surface area (Å²) in [7, 11) is 0. The molecule has 0 atom stereocenters. The van der Waals surface area contributed by atoms with Gasteiger partial charge in [-0.25, -0.2) is 0 Å². The molecule has 3 rings (SSSR count). The molecule has 0 aliphatic carbocycles. The number of thiophene rings is 1. The first-order valence-electron chi connectivity index (χ1n) is 8.31. The Bertz CT molecular complexity index is 754. The third-order valence-corrected chi connectivity index (χ3v) is 4.65. The van der Waals surface area contributed by atoms with Crippen LogP contribution in [-0.4, -0.2) is 16.4 Å². The van der Waals surface area contributed by atoms with Gasteiger partial charge in [0.1, 0.15) is 12.4 Å². The highest BCUT2D eigenvalue weighted by molar-refractivity contribution is 7.09. The molecule has 0 aliphatic rings. The van der Waals surface area contributed by atoms with E-state index in [9.17, 15) is 0 Å². The Morgan fingerprint density at radius 3 is 2.60 bits per heavy atom.